The molecule has 1 heterocycles. The van der Waals surface area contributed by atoms with E-state index >= 15 is 0 Å². The molecule has 0 bridgehead atoms. The first kappa shape index (κ1) is 16.8. The average molecular weight is 306 g/mol. The largest absolute Gasteiger partial charge is 0.494 e. The summed E-state index contributed by atoms with van der Waals surface area (Å²) in [5, 5.41) is 9.11. The standard InChI is InChI=1S/C18H26O4/c1-2-3-4-5-11-21-15-8-6-7-14(12-15)9-10-17-16(13-19)18(20)22-17/h6-8,12,16-17,19H,2-5,9-11,13H2,1H3/t16-,17-/m0/s1. The molecule has 0 aliphatic carbocycles. The lowest BCUT2D eigenvalue weighted by molar-refractivity contribution is -0.188. The summed E-state index contributed by atoms with van der Waals surface area (Å²) < 4.78 is 10.8. The van der Waals surface area contributed by atoms with E-state index in [-0.39, 0.29) is 24.6 Å². The Morgan fingerprint density at radius 3 is 2.86 bits per heavy atom. The molecule has 122 valence electrons. The highest BCUT2D eigenvalue weighted by Crippen LogP contribution is 2.26. The first-order valence-corrected chi connectivity index (χ1v) is 8.27. The third-order valence-corrected chi connectivity index (χ3v) is 4.10. The van der Waals surface area contributed by atoms with Crippen LogP contribution in [-0.4, -0.2) is 30.4 Å². The molecule has 1 aromatic rings. The van der Waals surface area contributed by atoms with Crippen LogP contribution in [-0.2, 0) is 16.0 Å². The van der Waals surface area contributed by atoms with Gasteiger partial charge in [-0.05, 0) is 37.0 Å². The van der Waals surface area contributed by atoms with Gasteiger partial charge < -0.3 is 14.6 Å². The molecule has 0 radical (unpaired) electrons. The minimum atomic E-state index is -0.335. The number of rotatable bonds is 10. The summed E-state index contributed by atoms with van der Waals surface area (Å²) in [5.74, 6) is 0.285. The quantitative estimate of drug-likeness (QED) is 0.533. The van der Waals surface area contributed by atoms with Crippen LogP contribution in [0.25, 0.3) is 0 Å². The Morgan fingerprint density at radius 2 is 2.14 bits per heavy atom. The van der Waals surface area contributed by atoms with Crippen molar-refractivity contribution in [2.24, 2.45) is 5.92 Å². The van der Waals surface area contributed by atoms with Gasteiger partial charge in [0.25, 0.3) is 0 Å². The monoisotopic (exact) mass is 306 g/mol. The molecule has 0 aromatic heterocycles. The number of esters is 1. The van der Waals surface area contributed by atoms with Gasteiger partial charge in [0, 0.05) is 0 Å². The molecule has 2 rings (SSSR count). The fraction of sp³-hybridized carbons (Fsp3) is 0.611. The number of hydrogen-bond acceptors (Lipinski definition) is 4. The van der Waals surface area contributed by atoms with Crippen molar-refractivity contribution in [3.05, 3.63) is 29.8 Å². The first-order chi connectivity index (χ1) is 10.7. The van der Waals surface area contributed by atoms with E-state index in [4.69, 9.17) is 14.6 Å². The molecular weight excluding hydrogens is 280 g/mol. The Bertz CT molecular complexity index is 472. The number of benzene rings is 1. The van der Waals surface area contributed by atoms with Gasteiger partial charge in [0.2, 0.25) is 0 Å². The lowest BCUT2D eigenvalue weighted by Gasteiger charge is -2.33. The third-order valence-electron chi connectivity index (χ3n) is 4.10. The van der Waals surface area contributed by atoms with Crippen LogP contribution < -0.4 is 4.74 Å². The van der Waals surface area contributed by atoms with Gasteiger partial charge in [-0.25, -0.2) is 0 Å². The number of cyclic esters (lactones) is 1. The molecule has 1 aliphatic heterocycles. The minimum Gasteiger partial charge on any atom is -0.494 e. The SMILES string of the molecule is CCCCCCOc1cccc(CC[C@@H]2OC(=O)[C@H]2CO)c1. The Hall–Kier alpha value is -1.55. The Morgan fingerprint density at radius 1 is 1.27 bits per heavy atom. The number of aliphatic hydroxyl groups excluding tert-OH is 1. The van der Waals surface area contributed by atoms with Crippen molar-refractivity contribution in [3.63, 3.8) is 0 Å². The van der Waals surface area contributed by atoms with Crippen LogP contribution in [0, 0.1) is 5.92 Å². The number of aliphatic hydroxyl groups is 1. The lowest BCUT2D eigenvalue weighted by Crippen LogP contribution is -2.47. The summed E-state index contributed by atoms with van der Waals surface area (Å²) in [7, 11) is 0. The van der Waals surface area contributed by atoms with Gasteiger partial charge in [-0.1, -0.05) is 38.3 Å². The zero-order valence-electron chi connectivity index (χ0n) is 13.3. The molecule has 4 heteroatoms. The number of carbonyl (C=O) groups is 1. The van der Waals surface area contributed by atoms with Gasteiger partial charge in [-0.15, -0.1) is 0 Å². The summed E-state index contributed by atoms with van der Waals surface area (Å²) in [6.07, 6.45) is 6.22. The van der Waals surface area contributed by atoms with Crippen molar-refractivity contribution in [1.82, 2.24) is 0 Å². The molecule has 0 saturated carbocycles. The number of unbranched alkanes of at least 4 members (excludes halogenated alkanes) is 3. The van der Waals surface area contributed by atoms with Gasteiger partial charge in [-0.2, -0.15) is 0 Å². The van der Waals surface area contributed by atoms with Crippen molar-refractivity contribution in [2.45, 2.75) is 51.6 Å². The van der Waals surface area contributed by atoms with E-state index in [0.717, 1.165) is 31.6 Å². The smallest absolute Gasteiger partial charge is 0.315 e. The second kappa shape index (κ2) is 8.79. The predicted molar refractivity (Wildman–Crippen MR) is 84.9 cm³/mol. The highest BCUT2D eigenvalue weighted by atomic mass is 16.6. The highest BCUT2D eigenvalue weighted by Gasteiger charge is 2.41. The van der Waals surface area contributed by atoms with E-state index in [1.54, 1.807) is 0 Å². The molecule has 2 atom stereocenters. The molecule has 4 nitrogen and oxygen atoms in total. The third kappa shape index (κ3) is 4.73. The summed E-state index contributed by atoms with van der Waals surface area (Å²) in [6.45, 7) is 2.84. The van der Waals surface area contributed by atoms with Crippen molar-refractivity contribution in [1.29, 1.82) is 0 Å². The summed E-state index contributed by atoms with van der Waals surface area (Å²) in [5.41, 5.74) is 1.17. The molecule has 0 unspecified atom stereocenters. The molecule has 0 amide bonds. The minimum absolute atomic E-state index is 0.121. The van der Waals surface area contributed by atoms with Gasteiger partial charge in [0.1, 0.15) is 17.8 Å². The maximum atomic E-state index is 11.1. The Balaban J connectivity index is 1.73. The van der Waals surface area contributed by atoms with E-state index in [1.165, 1.54) is 24.8 Å². The zero-order valence-corrected chi connectivity index (χ0v) is 13.3. The molecule has 22 heavy (non-hydrogen) atoms. The summed E-state index contributed by atoms with van der Waals surface area (Å²) in [4.78, 5) is 11.1. The average Bonchev–Trinajstić information content (AvgIpc) is 2.52. The van der Waals surface area contributed by atoms with E-state index in [0.29, 0.717) is 0 Å². The topological polar surface area (TPSA) is 55.8 Å². The lowest BCUT2D eigenvalue weighted by atomic mass is 9.92. The first-order valence-electron chi connectivity index (χ1n) is 8.27. The van der Waals surface area contributed by atoms with Crippen LogP contribution in [0.15, 0.2) is 24.3 Å². The van der Waals surface area contributed by atoms with E-state index < -0.39 is 0 Å². The predicted octanol–water partition coefficient (Wildman–Crippen LogP) is 3.11. The van der Waals surface area contributed by atoms with Crippen molar-refractivity contribution < 1.29 is 19.4 Å². The van der Waals surface area contributed by atoms with Crippen LogP contribution >= 0.6 is 0 Å². The number of aryl methyl sites for hydroxylation is 1. The van der Waals surface area contributed by atoms with Gasteiger partial charge in [0.15, 0.2) is 0 Å². The van der Waals surface area contributed by atoms with Gasteiger partial charge in [-0.3, -0.25) is 4.79 Å². The van der Waals surface area contributed by atoms with Crippen LogP contribution in [0.4, 0.5) is 0 Å². The molecule has 1 aliphatic rings. The van der Waals surface area contributed by atoms with E-state index in [9.17, 15) is 4.79 Å². The summed E-state index contributed by atoms with van der Waals surface area (Å²) in [6, 6.07) is 8.07. The van der Waals surface area contributed by atoms with Crippen LogP contribution in [0.2, 0.25) is 0 Å². The fourth-order valence-corrected chi connectivity index (χ4v) is 2.67. The van der Waals surface area contributed by atoms with Crippen molar-refractivity contribution in [2.75, 3.05) is 13.2 Å². The Kier molecular flexibility index (Phi) is 6.72. The van der Waals surface area contributed by atoms with Crippen molar-refractivity contribution in [3.8, 4) is 5.75 Å². The summed E-state index contributed by atoms with van der Waals surface area (Å²) >= 11 is 0. The maximum absolute atomic E-state index is 11.1. The molecular formula is C18H26O4. The number of ether oxygens (including phenoxy) is 2. The fourth-order valence-electron chi connectivity index (χ4n) is 2.67. The molecule has 1 aromatic carbocycles. The van der Waals surface area contributed by atoms with Crippen LogP contribution in [0.5, 0.6) is 5.75 Å². The molecule has 0 spiro atoms. The Labute approximate surface area is 132 Å². The second-order valence-corrected chi connectivity index (χ2v) is 5.86. The zero-order chi connectivity index (χ0) is 15.8. The molecule has 1 N–H and O–H groups in total. The van der Waals surface area contributed by atoms with Gasteiger partial charge in [0.05, 0.1) is 13.2 Å². The van der Waals surface area contributed by atoms with Crippen molar-refractivity contribution >= 4 is 5.97 Å². The maximum Gasteiger partial charge on any atom is 0.315 e. The van der Waals surface area contributed by atoms with Crippen LogP contribution in [0.3, 0.4) is 0 Å². The van der Waals surface area contributed by atoms with E-state index in [2.05, 4.69) is 13.0 Å². The highest BCUT2D eigenvalue weighted by molar-refractivity contribution is 5.78. The molecule has 1 saturated heterocycles. The van der Waals surface area contributed by atoms with E-state index in [1.807, 2.05) is 18.2 Å². The van der Waals surface area contributed by atoms with Crippen LogP contribution in [0.1, 0.15) is 44.6 Å². The number of carbonyl (C=O) groups excluding carboxylic acids is 1. The molecule has 1 fully saturated rings. The number of hydrogen-bond donors (Lipinski definition) is 1. The second-order valence-electron chi connectivity index (χ2n) is 5.86. The van der Waals surface area contributed by atoms with Gasteiger partial charge >= 0.3 is 5.97 Å². The normalized spacial score (nSPS) is 20.4.